The molecule has 0 fully saturated rings. The molecule has 8 heteroatoms. The van der Waals surface area contributed by atoms with Gasteiger partial charge >= 0.3 is 12.1 Å². The van der Waals surface area contributed by atoms with E-state index in [1.165, 1.54) is 12.1 Å². The number of rotatable bonds is 6. The van der Waals surface area contributed by atoms with E-state index in [1.807, 2.05) is 31.2 Å². The maximum absolute atomic E-state index is 13.4. The topological polar surface area (TPSA) is 44.1 Å². The Morgan fingerprint density at radius 1 is 1.00 bits per heavy atom. The number of carbonyl (C=O) groups is 1. The van der Waals surface area contributed by atoms with Gasteiger partial charge in [0.15, 0.2) is 5.69 Å². The molecule has 34 heavy (non-hydrogen) atoms. The maximum Gasteiger partial charge on any atom is 0.435 e. The number of para-hydroxylation sites is 1. The normalized spacial score (nSPS) is 11.4. The molecule has 0 spiro atoms. The average Bonchev–Trinajstić information content (AvgIpc) is 3.26. The highest BCUT2D eigenvalue weighted by Gasteiger charge is 2.35. The number of benzene rings is 3. The van der Waals surface area contributed by atoms with Crippen LogP contribution in [-0.4, -0.2) is 22.4 Å². The molecule has 0 saturated carbocycles. The Morgan fingerprint density at radius 2 is 1.68 bits per heavy atom. The van der Waals surface area contributed by atoms with Crippen molar-refractivity contribution in [3.63, 3.8) is 0 Å². The summed E-state index contributed by atoms with van der Waals surface area (Å²) in [5, 5.41) is 4.00. The van der Waals surface area contributed by atoms with Gasteiger partial charge in [0.25, 0.3) is 0 Å². The van der Waals surface area contributed by atoms with Crippen LogP contribution in [0.25, 0.3) is 16.9 Å². The summed E-state index contributed by atoms with van der Waals surface area (Å²) in [6.45, 7) is 2.22. The van der Waals surface area contributed by atoms with Gasteiger partial charge in [0, 0.05) is 12.0 Å². The van der Waals surface area contributed by atoms with Crippen LogP contribution in [0.15, 0.2) is 78.9 Å². The Kier molecular flexibility index (Phi) is 6.75. The maximum atomic E-state index is 13.4. The molecule has 0 atom stereocenters. The molecule has 4 aromatic rings. The Bertz CT molecular complexity index is 1310. The monoisotopic (exact) mass is 484 g/mol. The first-order valence-electron chi connectivity index (χ1n) is 10.5. The van der Waals surface area contributed by atoms with Gasteiger partial charge in [-0.2, -0.15) is 18.3 Å². The third-order valence-corrected chi connectivity index (χ3v) is 5.68. The van der Waals surface area contributed by atoms with Crippen LogP contribution in [0.3, 0.4) is 0 Å². The Morgan fingerprint density at radius 3 is 2.35 bits per heavy atom. The fraction of sp³-hybridized carbons (Fsp3) is 0.154. The zero-order valence-corrected chi connectivity index (χ0v) is 18.9. The molecule has 0 radical (unpaired) electrons. The SMILES string of the molecule is Cc1ccccc1CCOC(=O)c1ccc(-c2cc(C(F)(F)F)nn2-c2ccccc2Cl)cc1. The number of halogens is 4. The summed E-state index contributed by atoms with van der Waals surface area (Å²) in [7, 11) is 0. The Labute approximate surface area is 199 Å². The summed E-state index contributed by atoms with van der Waals surface area (Å²) in [6, 6.07) is 21.5. The number of alkyl halides is 3. The lowest BCUT2D eigenvalue weighted by atomic mass is 10.1. The van der Waals surface area contributed by atoms with Gasteiger partial charge in [-0.25, -0.2) is 9.48 Å². The van der Waals surface area contributed by atoms with Crippen molar-refractivity contribution < 1.29 is 22.7 Å². The van der Waals surface area contributed by atoms with Crippen LogP contribution in [0, 0.1) is 6.92 Å². The molecule has 0 bridgehead atoms. The van der Waals surface area contributed by atoms with Crippen LogP contribution in [-0.2, 0) is 17.3 Å². The number of esters is 1. The standard InChI is InChI=1S/C26H20ClF3N2O2/c1-17-6-2-3-7-18(17)14-15-34-25(33)20-12-10-19(11-13-20)23-16-24(26(28,29)30)31-32(23)22-9-5-4-8-21(22)27/h2-13,16H,14-15H2,1H3. The summed E-state index contributed by atoms with van der Waals surface area (Å²) < 4.78 is 46.7. The van der Waals surface area contributed by atoms with Crippen molar-refractivity contribution in [3.05, 3.63) is 106 Å². The molecular formula is C26H20ClF3N2O2. The van der Waals surface area contributed by atoms with E-state index in [-0.39, 0.29) is 17.3 Å². The first-order valence-corrected chi connectivity index (χ1v) is 10.9. The number of ether oxygens (including phenoxy) is 1. The van der Waals surface area contributed by atoms with Gasteiger partial charge in [0.05, 0.1) is 28.6 Å². The highest BCUT2D eigenvalue weighted by atomic mass is 35.5. The predicted octanol–water partition coefficient (Wildman–Crippen LogP) is 6.92. The van der Waals surface area contributed by atoms with E-state index < -0.39 is 17.8 Å². The highest BCUT2D eigenvalue weighted by molar-refractivity contribution is 6.32. The van der Waals surface area contributed by atoms with Crippen molar-refractivity contribution in [2.45, 2.75) is 19.5 Å². The second-order valence-corrected chi connectivity index (χ2v) is 8.07. The van der Waals surface area contributed by atoms with Crippen molar-refractivity contribution in [1.29, 1.82) is 0 Å². The summed E-state index contributed by atoms with van der Waals surface area (Å²) in [4.78, 5) is 12.4. The first-order chi connectivity index (χ1) is 16.2. The quantitative estimate of drug-likeness (QED) is 0.279. The van der Waals surface area contributed by atoms with Crippen LogP contribution in [0.5, 0.6) is 0 Å². The van der Waals surface area contributed by atoms with Crippen molar-refractivity contribution in [2.75, 3.05) is 6.61 Å². The van der Waals surface area contributed by atoms with Crippen LogP contribution in [0.4, 0.5) is 13.2 Å². The molecule has 0 saturated heterocycles. The predicted molar refractivity (Wildman–Crippen MR) is 124 cm³/mol. The molecule has 4 rings (SSSR count). The summed E-state index contributed by atoms with van der Waals surface area (Å²) in [5.41, 5.74) is 2.43. The van der Waals surface area contributed by atoms with E-state index >= 15 is 0 Å². The first kappa shape index (κ1) is 23.6. The van der Waals surface area contributed by atoms with Crippen LogP contribution in [0.2, 0.25) is 5.02 Å². The fourth-order valence-electron chi connectivity index (χ4n) is 3.54. The van der Waals surface area contributed by atoms with E-state index in [0.717, 1.165) is 21.9 Å². The Hall–Kier alpha value is -3.58. The molecule has 0 unspecified atom stereocenters. The van der Waals surface area contributed by atoms with E-state index in [9.17, 15) is 18.0 Å². The van der Waals surface area contributed by atoms with E-state index in [0.29, 0.717) is 23.2 Å². The van der Waals surface area contributed by atoms with E-state index in [4.69, 9.17) is 16.3 Å². The zero-order valence-electron chi connectivity index (χ0n) is 18.1. The van der Waals surface area contributed by atoms with Gasteiger partial charge in [-0.05, 0) is 48.4 Å². The van der Waals surface area contributed by atoms with Gasteiger partial charge in [0.1, 0.15) is 0 Å². The van der Waals surface area contributed by atoms with Crippen molar-refractivity contribution >= 4 is 17.6 Å². The van der Waals surface area contributed by atoms with Gasteiger partial charge in [-0.1, -0.05) is 60.1 Å². The lowest BCUT2D eigenvalue weighted by molar-refractivity contribution is -0.141. The minimum atomic E-state index is -4.62. The molecular weight excluding hydrogens is 465 g/mol. The zero-order chi connectivity index (χ0) is 24.3. The molecule has 1 heterocycles. The molecule has 3 aromatic carbocycles. The van der Waals surface area contributed by atoms with Crippen LogP contribution < -0.4 is 0 Å². The molecule has 1 aromatic heterocycles. The minimum absolute atomic E-state index is 0.194. The third kappa shape index (κ3) is 5.15. The van der Waals surface area contributed by atoms with Gasteiger partial charge in [0.2, 0.25) is 0 Å². The summed E-state index contributed by atoms with van der Waals surface area (Å²) in [5.74, 6) is -0.504. The molecule has 0 N–H and O–H groups in total. The lowest BCUT2D eigenvalue weighted by Gasteiger charge is -2.10. The van der Waals surface area contributed by atoms with Crippen LogP contribution >= 0.6 is 11.6 Å². The number of aryl methyl sites for hydroxylation is 1. The number of hydrogen-bond acceptors (Lipinski definition) is 3. The number of nitrogens with zero attached hydrogens (tertiary/aromatic N) is 2. The third-order valence-electron chi connectivity index (χ3n) is 5.36. The Balaban J connectivity index is 1.55. The number of hydrogen-bond donors (Lipinski definition) is 0. The second kappa shape index (κ2) is 9.73. The van der Waals surface area contributed by atoms with Crippen LogP contribution in [0.1, 0.15) is 27.2 Å². The molecule has 0 aliphatic heterocycles. The summed E-state index contributed by atoms with van der Waals surface area (Å²) >= 11 is 6.21. The smallest absolute Gasteiger partial charge is 0.435 e. The van der Waals surface area contributed by atoms with Gasteiger partial charge in [-0.3, -0.25) is 0 Å². The van der Waals surface area contributed by atoms with E-state index in [2.05, 4.69) is 5.10 Å². The van der Waals surface area contributed by atoms with Crippen molar-refractivity contribution in [1.82, 2.24) is 9.78 Å². The average molecular weight is 485 g/mol. The number of aromatic nitrogens is 2. The number of carbonyl (C=O) groups excluding carboxylic acids is 1. The van der Waals surface area contributed by atoms with E-state index in [1.54, 1.807) is 36.4 Å². The summed E-state index contributed by atoms with van der Waals surface area (Å²) in [6.07, 6.45) is -4.03. The molecule has 0 aliphatic carbocycles. The molecule has 174 valence electrons. The lowest BCUT2D eigenvalue weighted by Crippen LogP contribution is -2.09. The van der Waals surface area contributed by atoms with Crippen molar-refractivity contribution in [3.8, 4) is 16.9 Å². The van der Waals surface area contributed by atoms with Gasteiger partial charge < -0.3 is 4.74 Å². The highest BCUT2D eigenvalue weighted by Crippen LogP contribution is 2.34. The fourth-order valence-corrected chi connectivity index (χ4v) is 3.75. The second-order valence-electron chi connectivity index (χ2n) is 7.67. The minimum Gasteiger partial charge on any atom is -0.462 e. The molecule has 0 amide bonds. The molecule has 4 nitrogen and oxygen atoms in total. The van der Waals surface area contributed by atoms with Gasteiger partial charge in [-0.15, -0.1) is 0 Å². The largest absolute Gasteiger partial charge is 0.462 e. The molecule has 0 aliphatic rings. The van der Waals surface area contributed by atoms with Crippen molar-refractivity contribution in [2.24, 2.45) is 0 Å².